The largest absolute Gasteiger partial charge is 0.259 e. The lowest BCUT2D eigenvalue weighted by Gasteiger charge is -2.19. The second kappa shape index (κ2) is 5.78. The summed E-state index contributed by atoms with van der Waals surface area (Å²) in [4.78, 5) is 0. The van der Waals surface area contributed by atoms with E-state index in [1.807, 2.05) is 26.8 Å². The Labute approximate surface area is 88.2 Å². The molecule has 0 N–H and O–H groups in total. The molecular formula is C10H16N2OS. The van der Waals surface area contributed by atoms with Crippen molar-refractivity contribution in [2.45, 2.75) is 38.4 Å². The van der Waals surface area contributed by atoms with Crippen LogP contribution in [0.5, 0.6) is 0 Å². The number of hydrogen-bond donors (Lipinski definition) is 0. The van der Waals surface area contributed by atoms with Crippen molar-refractivity contribution in [1.82, 2.24) is 0 Å². The number of rotatable bonds is 4. The Balaban J connectivity index is 4.16. The maximum atomic E-state index is 11.7. The maximum absolute atomic E-state index is 11.7. The first-order valence-corrected chi connectivity index (χ1v) is 5.88. The van der Waals surface area contributed by atoms with Crippen LogP contribution in [0.4, 0.5) is 0 Å². The molecular weight excluding hydrogens is 196 g/mol. The van der Waals surface area contributed by atoms with Crippen molar-refractivity contribution in [3.8, 4) is 12.1 Å². The van der Waals surface area contributed by atoms with Crippen LogP contribution in [0.25, 0.3) is 0 Å². The molecule has 0 aliphatic carbocycles. The van der Waals surface area contributed by atoms with Crippen molar-refractivity contribution < 1.29 is 4.21 Å². The molecule has 2 unspecified atom stereocenters. The van der Waals surface area contributed by atoms with Crippen LogP contribution in [0.15, 0.2) is 0 Å². The van der Waals surface area contributed by atoms with Gasteiger partial charge in [0.05, 0.1) is 18.1 Å². The molecule has 0 heterocycles. The SMILES string of the molecule is CC(C)(C)S(=O)CC(C#N)CCC#N. The first kappa shape index (κ1) is 13.1. The molecule has 0 aliphatic rings. The Morgan fingerprint density at radius 2 is 1.93 bits per heavy atom. The van der Waals surface area contributed by atoms with Gasteiger partial charge in [-0.25, -0.2) is 0 Å². The van der Waals surface area contributed by atoms with E-state index in [-0.39, 0.29) is 10.7 Å². The molecule has 0 aromatic rings. The summed E-state index contributed by atoms with van der Waals surface area (Å²) in [5, 5.41) is 17.1. The normalized spacial score (nSPS) is 15.2. The summed E-state index contributed by atoms with van der Waals surface area (Å²) in [6.45, 7) is 5.67. The topological polar surface area (TPSA) is 64.7 Å². The summed E-state index contributed by atoms with van der Waals surface area (Å²) < 4.78 is 11.4. The highest BCUT2D eigenvalue weighted by Gasteiger charge is 2.22. The minimum absolute atomic E-state index is 0.255. The van der Waals surface area contributed by atoms with E-state index in [1.54, 1.807) is 0 Å². The van der Waals surface area contributed by atoms with Gasteiger partial charge in [0.15, 0.2) is 0 Å². The van der Waals surface area contributed by atoms with Crippen molar-refractivity contribution in [2.24, 2.45) is 5.92 Å². The van der Waals surface area contributed by atoms with Crippen molar-refractivity contribution in [2.75, 3.05) is 5.75 Å². The van der Waals surface area contributed by atoms with E-state index in [1.165, 1.54) is 0 Å². The minimum atomic E-state index is -1.00. The lowest BCUT2D eigenvalue weighted by molar-refractivity contribution is 0.622. The Hall–Kier alpha value is -0.870. The third-order valence-electron chi connectivity index (χ3n) is 1.82. The van der Waals surface area contributed by atoms with E-state index in [0.717, 1.165) is 0 Å². The van der Waals surface area contributed by atoms with Gasteiger partial charge in [-0.05, 0) is 27.2 Å². The number of nitrogens with zero attached hydrogens (tertiary/aromatic N) is 2. The molecule has 0 fully saturated rings. The molecule has 3 nitrogen and oxygen atoms in total. The molecule has 0 saturated heterocycles. The van der Waals surface area contributed by atoms with Crippen LogP contribution in [-0.2, 0) is 10.8 Å². The minimum Gasteiger partial charge on any atom is -0.259 e. The zero-order valence-electron chi connectivity index (χ0n) is 8.91. The molecule has 0 radical (unpaired) electrons. The van der Waals surface area contributed by atoms with E-state index < -0.39 is 10.8 Å². The summed E-state index contributed by atoms with van der Waals surface area (Å²) in [6.07, 6.45) is 0.883. The molecule has 4 heteroatoms. The Morgan fingerprint density at radius 3 is 2.29 bits per heavy atom. The molecule has 78 valence electrons. The van der Waals surface area contributed by atoms with E-state index in [0.29, 0.717) is 18.6 Å². The average molecular weight is 212 g/mol. The van der Waals surface area contributed by atoms with Crippen molar-refractivity contribution >= 4 is 10.8 Å². The highest BCUT2D eigenvalue weighted by Crippen LogP contribution is 2.16. The fraction of sp³-hybridized carbons (Fsp3) is 0.800. The second-order valence-corrected chi connectivity index (χ2v) is 6.40. The molecule has 14 heavy (non-hydrogen) atoms. The van der Waals surface area contributed by atoms with E-state index >= 15 is 0 Å². The lowest BCUT2D eigenvalue weighted by atomic mass is 10.1. The first-order chi connectivity index (χ1) is 6.41. The summed E-state index contributed by atoms with van der Waals surface area (Å²) in [6, 6.07) is 4.09. The fourth-order valence-electron chi connectivity index (χ4n) is 0.857. The highest BCUT2D eigenvalue weighted by molar-refractivity contribution is 7.86. The van der Waals surface area contributed by atoms with Gasteiger partial charge in [-0.2, -0.15) is 10.5 Å². The van der Waals surface area contributed by atoms with Gasteiger partial charge in [-0.15, -0.1) is 0 Å². The van der Waals surface area contributed by atoms with Crippen LogP contribution in [0.2, 0.25) is 0 Å². The molecule has 0 spiro atoms. The molecule has 0 amide bonds. The Bertz CT molecular complexity index is 280. The van der Waals surface area contributed by atoms with Crippen molar-refractivity contribution in [3.05, 3.63) is 0 Å². The van der Waals surface area contributed by atoms with E-state index in [9.17, 15) is 4.21 Å². The Morgan fingerprint density at radius 1 is 1.36 bits per heavy atom. The van der Waals surface area contributed by atoms with Crippen LogP contribution in [0.3, 0.4) is 0 Å². The molecule has 0 aliphatic heterocycles. The quantitative estimate of drug-likeness (QED) is 0.715. The standard InChI is InChI=1S/C10H16N2OS/c1-10(2,3)14(13)8-9(7-12)5-4-6-11/h9H,4-5,8H2,1-3H3. The monoisotopic (exact) mass is 212 g/mol. The summed E-state index contributed by atoms with van der Waals surface area (Å²) >= 11 is 0. The maximum Gasteiger partial charge on any atom is 0.0665 e. The van der Waals surface area contributed by atoms with Gasteiger partial charge < -0.3 is 0 Å². The molecule has 0 saturated carbocycles. The number of nitriles is 2. The third-order valence-corrected chi connectivity index (χ3v) is 3.89. The van der Waals surface area contributed by atoms with Gasteiger partial charge in [0.1, 0.15) is 0 Å². The summed E-state index contributed by atoms with van der Waals surface area (Å²) in [5.41, 5.74) is 0. The molecule has 0 bridgehead atoms. The van der Waals surface area contributed by atoms with Gasteiger partial charge in [0.2, 0.25) is 0 Å². The lowest BCUT2D eigenvalue weighted by Crippen LogP contribution is -2.27. The van der Waals surface area contributed by atoms with E-state index in [2.05, 4.69) is 6.07 Å². The van der Waals surface area contributed by atoms with Crippen LogP contribution in [0, 0.1) is 28.6 Å². The van der Waals surface area contributed by atoms with Crippen LogP contribution >= 0.6 is 0 Å². The zero-order valence-corrected chi connectivity index (χ0v) is 9.73. The molecule has 0 rings (SSSR count). The predicted octanol–water partition coefficient (Wildman–Crippen LogP) is 1.98. The Kier molecular flexibility index (Phi) is 5.42. The predicted molar refractivity (Wildman–Crippen MR) is 56.7 cm³/mol. The van der Waals surface area contributed by atoms with E-state index in [4.69, 9.17) is 10.5 Å². The van der Waals surface area contributed by atoms with Crippen LogP contribution in [0.1, 0.15) is 33.6 Å². The highest BCUT2D eigenvalue weighted by atomic mass is 32.2. The smallest absolute Gasteiger partial charge is 0.0665 e. The molecule has 2 atom stereocenters. The van der Waals surface area contributed by atoms with Gasteiger partial charge in [-0.1, -0.05) is 0 Å². The molecule has 0 aromatic carbocycles. The molecule has 0 aromatic heterocycles. The van der Waals surface area contributed by atoms with Crippen LogP contribution < -0.4 is 0 Å². The van der Waals surface area contributed by atoms with Gasteiger partial charge in [0.25, 0.3) is 0 Å². The summed E-state index contributed by atoms with van der Waals surface area (Å²) in [7, 11) is -1.00. The van der Waals surface area contributed by atoms with Gasteiger partial charge >= 0.3 is 0 Å². The first-order valence-electron chi connectivity index (χ1n) is 4.57. The average Bonchev–Trinajstić information content (AvgIpc) is 2.10. The van der Waals surface area contributed by atoms with Gasteiger partial charge in [0, 0.05) is 27.7 Å². The second-order valence-electron chi connectivity index (χ2n) is 4.15. The summed E-state index contributed by atoms with van der Waals surface area (Å²) in [5.74, 6) is 0.122. The third kappa shape index (κ3) is 4.99. The van der Waals surface area contributed by atoms with Crippen LogP contribution in [-0.4, -0.2) is 14.7 Å². The van der Waals surface area contributed by atoms with Gasteiger partial charge in [-0.3, -0.25) is 4.21 Å². The fourth-order valence-corrected chi connectivity index (χ4v) is 1.96. The van der Waals surface area contributed by atoms with Crippen molar-refractivity contribution in [1.29, 1.82) is 10.5 Å². The number of hydrogen-bond acceptors (Lipinski definition) is 3. The van der Waals surface area contributed by atoms with Crippen molar-refractivity contribution in [3.63, 3.8) is 0 Å². The zero-order chi connectivity index (χ0) is 11.2.